The quantitative estimate of drug-likeness (QED) is 0.755. The van der Waals surface area contributed by atoms with E-state index in [1.165, 1.54) is 18.2 Å². The fraction of sp³-hybridized carbons (Fsp3) is 0. The maximum absolute atomic E-state index is 10.2. The van der Waals surface area contributed by atoms with E-state index in [1.54, 1.807) is 0 Å². The number of hydrogen-bond donors (Lipinski definition) is 2. The predicted molar refractivity (Wildman–Crippen MR) is 33.9 cm³/mol. The van der Waals surface area contributed by atoms with Crippen molar-refractivity contribution in [3.63, 3.8) is 0 Å². The van der Waals surface area contributed by atoms with Gasteiger partial charge < -0.3 is 15.0 Å². The second kappa shape index (κ2) is 4.12. The second-order valence-electron chi connectivity index (χ2n) is 1.74. The molecule has 0 aromatic heterocycles. The summed E-state index contributed by atoms with van der Waals surface area (Å²) in [5, 5.41) is 17.2. The summed E-state index contributed by atoms with van der Waals surface area (Å²) in [5.74, 6) is -1.42. The van der Waals surface area contributed by atoms with Crippen LogP contribution >= 0.6 is 0 Å². The summed E-state index contributed by atoms with van der Waals surface area (Å²) >= 11 is 0. The van der Waals surface area contributed by atoms with E-state index in [0.717, 1.165) is 0 Å². The van der Waals surface area contributed by atoms with Crippen molar-refractivity contribution in [2.45, 2.75) is 0 Å². The van der Waals surface area contributed by atoms with Crippen LogP contribution in [0.15, 0.2) is 18.2 Å². The van der Waals surface area contributed by atoms with Gasteiger partial charge in [0.15, 0.2) is 0 Å². The van der Waals surface area contributed by atoms with Gasteiger partial charge in [-0.05, 0) is 5.56 Å². The molecule has 0 saturated carbocycles. The number of carboxylic acids is 1. The van der Waals surface area contributed by atoms with Crippen molar-refractivity contribution in [2.75, 3.05) is 0 Å². The Morgan fingerprint density at radius 3 is 2.55 bits per heavy atom. The third kappa shape index (κ3) is 2.34. The number of phenols is 1. The van der Waals surface area contributed by atoms with E-state index in [-0.39, 0.29) is 31.7 Å². The monoisotopic (exact) mass is 324 g/mol. The molecule has 1 radical (unpaired) electrons. The molecule has 3 nitrogen and oxygen atoms in total. The standard InChI is InChI=1S/C7H5O3.Re/c8-6-4-2-1-3-5(6)7(9)10;/h1-2,4,8H,(H,9,10);/q-1;. The first-order valence-corrected chi connectivity index (χ1v) is 2.65. The van der Waals surface area contributed by atoms with E-state index in [0.29, 0.717) is 0 Å². The summed E-state index contributed by atoms with van der Waals surface area (Å²) in [6, 6.07) is 6.64. The van der Waals surface area contributed by atoms with E-state index >= 15 is 0 Å². The molecule has 0 unspecified atom stereocenters. The van der Waals surface area contributed by atoms with Crippen molar-refractivity contribution < 1.29 is 35.4 Å². The van der Waals surface area contributed by atoms with Gasteiger partial charge in [-0.15, -0.1) is 24.3 Å². The van der Waals surface area contributed by atoms with Crippen LogP contribution in [0, 0.1) is 6.07 Å². The van der Waals surface area contributed by atoms with Crippen LogP contribution in [0.25, 0.3) is 0 Å². The molecule has 0 aliphatic carbocycles. The summed E-state index contributed by atoms with van der Waals surface area (Å²) in [4.78, 5) is 10.2. The summed E-state index contributed by atoms with van der Waals surface area (Å²) < 4.78 is 0. The summed E-state index contributed by atoms with van der Waals surface area (Å²) in [7, 11) is 0. The Kier molecular flexibility index (Phi) is 3.80. The maximum atomic E-state index is 10.2. The van der Waals surface area contributed by atoms with Crippen LogP contribution in [0.1, 0.15) is 10.4 Å². The first-order chi connectivity index (χ1) is 4.72. The minimum atomic E-state index is -1.17. The molecular formula is C7H5O3Re-. The SMILES string of the molecule is O=C(O)c1[c-]cccc1O.[Re]. The second-order valence-corrected chi connectivity index (χ2v) is 1.74. The van der Waals surface area contributed by atoms with Crippen molar-refractivity contribution in [2.24, 2.45) is 0 Å². The number of aromatic carboxylic acids is 1. The van der Waals surface area contributed by atoms with Gasteiger partial charge in [0.2, 0.25) is 0 Å². The fourth-order valence-electron chi connectivity index (χ4n) is 0.599. The van der Waals surface area contributed by atoms with E-state index in [9.17, 15) is 4.79 Å². The van der Waals surface area contributed by atoms with Crippen LogP contribution in [0.4, 0.5) is 0 Å². The Morgan fingerprint density at radius 1 is 1.55 bits per heavy atom. The molecule has 0 fully saturated rings. The Balaban J connectivity index is 0.000001000. The molecule has 0 amide bonds. The van der Waals surface area contributed by atoms with Crippen molar-refractivity contribution in [1.29, 1.82) is 0 Å². The molecule has 0 spiro atoms. The maximum Gasteiger partial charge on any atom is 0.251 e. The summed E-state index contributed by atoms with van der Waals surface area (Å²) in [6.45, 7) is 0. The van der Waals surface area contributed by atoms with E-state index in [4.69, 9.17) is 10.2 Å². The summed E-state index contributed by atoms with van der Waals surface area (Å²) in [5.41, 5.74) is -0.192. The van der Waals surface area contributed by atoms with Crippen molar-refractivity contribution in [3.8, 4) is 5.75 Å². The molecule has 0 heterocycles. The fourth-order valence-corrected chi connectivity index (χ4v) is 0.599. The number of benzene rings is 1. The number of carboxylic acid groups (broad SMARTS) is 1. The Hall–Kier alpha value is -0.848. The van der Waals surface area contributed by atoms with Crippen LogP contribution in [-0.2, 0) is 20.4 Å². The average molecular weight is 323 g/mol. The van der Waals surface area contributed by atoms with Crippen LogP contribution in [0.3, 0.4) is 0 Å². The molecule has 0 aliphatic rings. The molecule has 1 aromatic carbocycles. The van der Waals surface area contributed by atoms with Crippen molar-refractivity contribution in [3.05, 3.63) is 29.8 Å². The predicted octanol–water partition coefficient (Wildman–Crippen LogP) is 0.888. The number of aromatic hydroxyl groups is 1. The van der Waals surface area contributed by atoms with Gasteiger partial charge in [-0.2, -0.15) is 0 Å². The van der Waals surface area contributed by atoms with Gasteiger partial charge in [0.05, 0.1) is 0 Å². The molecule has 59 valence electrons. The van der Waals surface area contributed by atoms with Crippen LogP contribution in [0.5, 0.6) is 5.75 Å². The molecular weight excluding hydrogens is 318 g/mol. The van der Waals surface area contributed by atoms with Gasteiger partial charge in [-0.1, -0.05) is 0 Å². The third-order valence-corrected chi connectivity index (χ3v) is 1.05. The Morgan fingerprint density at radius 2 is 2.18 bits per heavy atom. The van der Waals surface area contributed by atoms with Gasteiger partial charge in [0.1, 0.15) is 0 Å². The number of carbonyl (C=O) groups is 1. The number of rotatable bonds is 1. The molecule has 2 N–H and O–H groups in total. The minimum Gasteiger partial charge on any atom is -0.551 e. The van der Waals surface area contributed by atoms with Gasteiger partial charge in [0.25, 0.3) is 5.97 Å². The first-order valence-electron chi connectivity index (χ1n) is 2.65. The van der Waals surface area contributed by atoms with Crippen molar-refractivity contribution >= 4 is 5.97 Å². The molecule has 0 bridgehead atoms. The Labute approximate surface area is 77.3 Å². The first kappa shape index (κ1) is 10.2. The largest absolute Gasteiger partial charge is 0.551 e. The molecule has 1 aromatic rings. The molecule has 1 rings (SSSR count). The molecule has 4 heteroatoms. The van der Waals surface area contributed by atoms with E-state index < -0.39 is 5.97 Å². The van der Waals surface area contributed by atoms with Crippen LogP contribution < -0.4 is 0 Å². The zero-order chi connectivity index (χ0) is 7.56. The topological polar surface area (TPSA) is 57.5 Å². The third-order valence-electron chi connectivity index (χ3n) is 1.05. The van der Waals surface area contributed by atoms with Gasteiger partial charge in [-0.25, -0.2) is 0 Å². The van der Waals surface area contributed by atoms with Gasteiger partial charge in [0, 0.05) is 26.2 Å². The van der Waals surface area contributed by atoms with Gasteiger partial charge >= 0.3 is 0 Å². The average Bonchev–Trinajstić information content (AvgIpc) is 1.88. The minimum absolute atomic E-state index is 0. The van der Waals surface area contributed by atoms with E-state index in [1.807, 2.05) is 0 Å². The molecule has 0 saturated heterocycles. The zero-order valence-electron chi connectivity index (χ0n) is 5.41. The van der Waals surface area contributed by atoms with Crippen molar-refractivity contribution in [1.82, 2.24) is 0 Å². The normalized spacial score (nSPS) is 8.36. The smallest absolute Gasteiger partial charge is 0.251 e. The molecule has 0 atom stereocenters. The van der Waals surface area contributed by atoms with Gasteiger partial charge in [-0.3, -0.25) is 0 Å². The molecule has 0 aliphatic heterocycles. The number of hydrogen-bond acceptors (Lipinski definition) is 2. The summed E-state index contributed by atoms with van der Waals surface area (Å²) in [6.07, 6.45) is 0. The van der Waals surface area contributed by atoms with E-state index in [2.05, 4.69) is 6.07 Å². The zero-order valence-corrected chi connectivity index (χ0v) is 8.13. The molecule has 11 heavy (non-hydrogen) atoms. The Bertz CT molecular complexity index is 260. The van der Waals surface area contributed by atoms with Crippen LogP contribution in [0.2, 0.25) is 0 Å². The van der Waals surface area contributed by atoms with Crippen LogP contribution in [-0.4, -0.2) is 16.2 Å².